The van der Waals surface area contributed by atoms with E-state index in [4.69, 9.17) is 21.1 Å². The van der Waals surface area contributed by atoms with Gasteiger partial charge in [0.2, 0.25) is 0 Å². The average Bonchev–Trinajstić information content (AvgIpc) is 2.82. The summed E-state index contributed by atoms with van der Waals surface area (Å²) >= 11 is 5.81. The van der Waals surface area contributed by atoms with Gasteiger partial charge in [-0.3, -0.25) is 4.98 Å². The van der Waals surface area contributed by atoms with Gasteiger partial charge in [0.25, 0.3) is 0 Å². The van der Waals surface area contributed by atoms with Crippen LogP contribution in [-0.2, 0) is 22.3 Å². The monoisotopic (exact) mass is 519 g/mol. The van der Waals surface area contributed by atoms with E-state index in [1.165, 1.54) is 12.1 Å². The highest BCUT2D eigenvalue weighted by Crippen LogP contribution is 2.43. The summed E-state index contributed by atoms with van der Waals surface area (Å²) in [4.78, 5) is 17.1. The van der Waals surface area contributed by atoms with Gasteiger partial charge < -0.3 is 9.47 Å². The van der Waals surface area contributed by atoms with E-state index in [-0.39, 0.29) is 18.3 Å². The van der Waals surface area contributed by atoms with Crippen LogP contribution in [0.2, 0.25) is 5.02 Å². The first kappa shape index (κ1) is 25.7. The summed E-state index contributed by atoms with van der Waals surface area (Å²) in [7, 11) is 0. The lowest BCUT2D eigenvalue weighted by Gasteiger charge is -2.34. The summed E-state index contributed by atoms with van der Waals surface area (Å²) < 4.78 is 63.4. The molecule has 1 aliphatic rings. The Morgan fingerprint density at radius 3 is 2.42 bits per heavy atom. The molecule has 1 fully saturated rings. The van der Waals surface area contributed by atoms with Crippen molar-refractivity contribution in [1.29, 1.82) is 0 Å². The summed E-state index contributed by atoms with van der Waals surface area (Å²) in [5.74, 6) is -2.02. The standard InChI is InChI=1S/C27H22ClF4NO3/c1-16(24(18-5-4-6-18)23-7-2-3-12-33-23)26(34)35-15-17-8-10-20(11-9-17)36-25-21(28)13-19(14-22(25)29)27(30,31)32/h2-3,7-14,18,24H,1,4-6,15H2. The van der Waals surface area contributed by atoms with E-state index in [9.17, 15) is 22.4 Å². The number of halogens is 5. The van der Waals surface area contributed by atoms with Crippen molar-refractivity contribution < 1.29 is 31.8 Å². The fourth-order valence-corrected chi connectivity index (χ4v) is 4.25. The van der Waals surface area contributed by atoms with E-state index in [2.05, 4.69) is 11.6 Å². The molecule has 9 heteroatoms. The molecule has 4 rings (SSSR count). The third-order valence-electron chi connectivity index (χ3n) is 6.10. The van der Waals surface area contributed by atoms with E-state index >= 15 is 0 Å². The maximum absolute atomic E-state index is 14.2. The predicted octanol–water partition coefficient (Wildman–Crippen LogP) is 7.87. The molecular formula is C27H22ClF4NO3. The zero-order chi connectivity index (χ0) is 25.9. The number of alkyl halides is 3. The van der Waals surface area contributed by atoms with Crippen molar-refractivity contribution in [3.8, 4) is 11.5 Å². The second-order valence-corrected chi connectivity index (χ2v) is 8.94. The van der Waals surface area contributed by atoms with Gasteiger partial charge in [0.1, 0.15) is 12.4 Å². The number of nitrogens with zero attached hydrogens (tertiary/aromatic N) is 1. The van der Waals surface area contributed by atoms with Crippen molar-refractivity contribution in [3.05, 3.63) is 101 Å². The molecule has 1 heterocycles. The minimum atomic E-state index is -4.73. The van der Waals surface area contributed by atoms with Crippen molar-refractivity contribution in [2.45, 2.75) is 38.0 Å². The van der Waals surface area contributed by atoms with Gasteiger partial charge in [-0.2, -0.15) is 13.2 Å². The van der Waals surface area contributed by atoms with Crippen LogP contribution in [0.5, 0.6) is 11.5 Å². The molecule has 1 unspecified atom stereocenters. The fraction of sp³-hybridized carbons (Fsp3) is 0.259. The molecule has 188 valence electrons. The summed E-state index contributed by atoms with van der Waals surface area (Å²) in [6.45, 7) is 3.96. The highest BCUT2D eigenvalue weighted by molar-refractivity contribution is 6.32. The number of hydrogen-bond donors (Lipinski definition) is 0. The van der Waals surface area contributed by atoms with Crippen LogP contribution >= 0.6 is 11.6 Å². The van der Waals surface area contributed by atoms with Gasteiger partial charge in [0.05, 0.1) is 10.6 Å². The zero-order valence-electron chi connectivity index (χ0n) is 19.0. The molecule has 0 saturated heterocycles. The quantitative estimate of drug-likeness (QED) is 0.173. The van der Waals surface area contributed by atoms with E-state index in [0.717, 1.165) is 25.0 Å². The predicted molar refractivity (Wildman–Crippen MR) is 126 cm³/mol. The first-order chi connectivity index (χ1) is 17.1. The van der Waals surface area contributed by atoms with Crippen molar-refractivity contribution >= 4 is 17.6 Å². The Labute approximate surface area is 210 Å². The number of benzene rings is 2. The van der Waals surface area contributed by atoms with Crippen LogP contribution in [0.3, 0.4) is 0 Å². The maximum Gasteiger partial charge on any atom is 0.416 e. The van der Waals surface area contributed by atoms with Gasteiger partial charge in [0, 0.05) is 23.4 Å². The summed E-state index contributed by atoms with van der Waals surface area (Å²) in [5.41, 5.74) is 0.560. The van der Waals surface area contributed by atoms with Crippen LogP contribution in [-0.4, -0.2) is 11.0 Å². The third-order valence-corrected chi connectivity index (χ3v) is 6.38. The molecule has 0 bridgehead atoms. The topological polar surface area (TPSA) is 48.4 Å². The van der Waals surface area contributed by atoms with E-state index in [1.807, 2.05) is 18.2 Å². The Hall–Kier alpha value is -3.39. The molecule has 1 atom stereocenters. The number of aromatic nitrogens is 1. The molecule has 1 saturated carbocycles. The molecule has 1 aliphatic carbocycles. The Morgan fingerprint density at radius 1 is 1.14 bits per heavy atom. The molecule has 1 aromatic heterocycles. The van der Waals surface area contributed by atoms with Crippen molar-refractivity contribution in [2.75, 3.05) is 0 Å². The maximum atomic E-state index is 14.2. The smallest absolute Gasteiger partial charge is 0.416 e. The Kier molecular flexibility index (Phi) is 7.64. The van der Waals surface area contributed by atoms with Crippen LogP contribution in [0.4, 0.5) is 17.6 Å². The summed E-state index contributed by atoms with van der Waals surface area (Å²) in [6.07, 6.45) is 0.0549. The van der Waals surface area contributed by atoms with Crippen LogP contribution in [0.25, 0.3) is 0 Å². The highest BCUT2D eigenvalue weighted by Gasteiger charge is 2.35. The van der Waals surface area contributed by atoms with E-state index in [0.29, 0.717) is 29.2 Å². The molecule has 36 heavy (non-hydrogen) atoms. The molecule has 0 spiro atoms. The van der Waals surface area contributed by atoms with Gasteiger partial charge >= 0.3 is 12.1 Å². The summed E-state index contributed by atoms with van der Waals surface area (Å²) in [6, 6.07) is 12.6. The number of esters is 1. The minimum Gasteiger partial charge on any atom is -0.457 e. The highest BCUT2D eigenvalue weighted by atomic mass is 35.5. The second kappa shape index (κ2) is 10.7. The molecule has 3 aromatic rings. The van der Waals surface area contributed by atoms with Crippen LogP contribution in [0.15, 0.2) is 72.9 Å². The van der Waals surface area contributed by atoms with E-state index < -0.39 is 34.3 Å². The number of carbonyl (C=O) groups is 1. The lowest BCUT2D eigenvalue weighted by molar-refractivity contribution is -0.141. The van der Waals surface area contributed by atoms with Gasteiger partial charge in [-0.1, -0.05) is 42.8 Å². The molecule has 4 nitrogen and oxygen atoms in total. The van der Waals surface area contributed by atoms with E-state index in [1.54, 1.807) is 18.3 Å². The number of pyridine rings is 1. The fourth-order valence-electron chi connectivity index (χ4n) is 4.00. The molecule has 0 N–H and O–H groups in total. The van der Waals surface area contributed by atoms with Gasteiger partial charge in [0.15, 0.2) is 11.6 Å². The van der Waals surface area contributed by atoms with Crippen molar-refractivity contribution in [2.24, 2.45) is 5.92 Å². The number of carbonyl (C=O) groups excluding carboxylic acids is 1. The first-order valence-corrected chi connectivity index (χ1v) is 11.6. The minimum absolute atomic E-state index is 0.0346. The van der Waals surface area contributed by atoms with Gasteiger partial charge in [-0.05, 0) is 60.7 Å². The Bertz CT molecular complexity index is 1220. The number of ether oxygens (including phenoxy) is 2. The lowest BCUT2D eigenvalue weighted by Crippen LogP contribution is -2.26. The van der Waals surface area contributed by atoms with Crippen molar-refractivity contribution in [1.82, 2.24) is 4.98 Å². The second-order valence-electron chi connectivity index (χ2n) is 8.54. The molecule has 0 radical (unpaired) electrons. The number of hydrogen-bond acceptors (Lipinski definition) is 4. The van der Waals surface area contributed by atoms with Gasteiger partial charge in [-0.15, -0.1) is 0 Å². The normalized spacial score (nSPS) is 14.6. The van der Waals surface area contributed by atoms with Gasteiger partial charge in [-0.25, -0.2) is 9.18 Å². The lowest BCUT2D eigenvalue weighted by atomic mass is 9.71. The molecule has 0 aliphatic heterocycles. The average molecular weight is 520 g/mol. The number of rotatable bonds is 8. The van der Waals surface area contributed by atoms with Crippen molar-refractivity contribution in [3.63, 3.8) is 0 Å². The molecule has 2 aromatic carbocycles. The Balaban J connectivity index is 1.38. The van der Waals surface area contributed by atoms with Crippen LogP contribution in [0.1, 0.15) is 42.0 Å². The first-order valence-electron chi connectivity index (χ1n) is 11.2. The molecule has 0 amide bonds. The van der Waals surface area contributed by atoms with Crippen LogP contribution in [0, 0.1) is 11.7 Å². The van der Waals surface area contributed by atoms with Crippen LogP contribution < -0.4 is 4.74 Å². The SMILES string of the molecule is C=C(C(=O)OCc1ccc(Oc2c(F)cc(C(F)(F)F)cc2Cl)cc1)C(c1ccccn1)C1CCC1. The third kappa shape index (κ3) is 5.87. The molecular weight excluding hydrogens is 498 g/mol. The Morgan fingerprint density at radius 2 is 1.86 bits per heavy atom. The largest absolute Gasteiger partial charge is 0.457 e. The summed E-state index contributed by atoms with van der Waals surface area (Å²) in [5, 5.41) is -0.507. The zero-order valence-corrected chi connectivity index (χ0v) is 19.8.